The molecule has 0 fully saturated rings. The van der Waals surface area contributed by atoms with Crippen LogP contribution in [0.2, 0.25) is 0 Å². The lowest BCUT2D eigenvalue weighted by atomic mass is 9.70. The van der Waals surface area contributed by atoms with Crippen LogP contribution in [0, 0.1) is 6.92 Å². The number of furan rings is 2. The second-order valence-electron chi connectivity index (χ2n) is 34.9. The zero-order chi connectivity index (χ0) is 74.2. The zero-order valence-corrected chi connectivity index (χ0v) is 65.3. The zero-order valence-electron chi connectivity index (χ0n) is 65.3. The van der Waals surface area contributed by atoms with Crippen molar-refractivity contribution >= 4 is 60.9 Å². The molecule has 20 rings (SSSR count). The van der Waals surface area contributed by atoms with E-state index in [1.807, 2.05) is 0 Å². The van der Waals surface area contributed by atoms with Crippen LogP contribution < -0.4 is 4.90 Å². The molecule has 538 valence electrons. The van der Waals surface area contributed by atoms with Crippen molar-refractivity contribution in [1.29, 1.82) is 0 Å². The smallest absolute Gasteiger partial charge is 0.144 e. The summed E-state index contributed by atoms with van der Waals surface area (Å²) in [6.07, 6.45) is 15.4. The molecule has 15 aromatic rings. The Bertz CT molecular complexity index is 6260. The van der Waals surface area contributed by atoms with Gasteiger partial charge in [-0.15, -0.1) is 0 Å². The molecule has 0 unspecified atom stereocenters. The number of aryl methyl sites for hydroxylation is 1. The quantitative estimate of drug-likeness (QED) is 0.0802. The normalized spacial score (nSPS) is 15.6. The van der Waals surface area contributed by atoms with Gasteiger partial charge < -0.3 is 13.7 Å². The van der Waals surface area contributed by atoms with E-state index in [2.05, 4.69) is 324 Å². The first-order valence-electron chi connectivity index (χ1n) is 40.8. The van der Waals surface area contributed by atoms with Crippen LogP contribution in [0.4, 0.5) is 17.1 Å². The summed E-state index contributed by atoms with van der Waals surface area (Å²) >= 11 is 0. The lowest BCUT2D eigenvalue weighted by Gasteiger charge is -2.33. The standard InChI is InChI=1S/C106H97NO2/c1-12-14-16-18-28-56-106(57-29-19-17-15-13-2)84-35-25-20-30-73(84)76-53-46-69(60-89(76)106)68-45-52-75-74-51-44-67(58-85(74)102(4,5)86(75)59-68)65-42-47-70(48-43-65)107(71-49-54-78-87(61-71)103(6,7)90-63-82(66-40-38-64(3)39-41-66)100-95(93(78)90)80-32-22-26-36-91(80)108-100)72-50-55-79-88(62-72)105(10,11)99-97(79)101-96(81-33-23-27-37-92(81)109-101)94-77-31-21-24-34-83(77)104(8,9)98(94)99/h20-27,30-55,58-63H,12-19,28-29,56-57H2,1-11H3. The molecule has 2 heterocycles. The van der Waals surface area contributed by atoms with Crippen molar-refractivity contribution in [3.8, 4) is 89.0 Å². The van der Waals surface area contributed by atoms with E-state index in [1.165, 1.54) is 221 Å². The molecule has 0 amide bonds. The van der Waals surface area contributed by atoms with E-state index in [0.29, 0.717) is 0 Å². The highest BCUT2D eigenvalue weighted by atomic mass is 16.3. The van der Waals surface area contributed by atoms with E-state index in [0.717, 1.165) is 55.9 Å². The molecule has 5 aliphatic carbocycles. The van der Waals surface area contributed by atoms with Crippen LogP contribution in [0.3, 0.4) is 0 Å². The number of unbranched alkanes of at least 4 members (excludes halogenated alkanes) is 8. The maximum atomic E-state index is 7.21. The van der Waals surface area contributed by atoms with Crippen LogP contribution in [-0.2, 0) is 27.1 Å². The summed E-state index contributed by atoms with van der Waals surface area (Å²) < 4.78 is 14.2. The summed E-state index contributed by atoms with van der Waals surface area (Å²) in [5, 5.41) is 4.73. The minimum atomic E-state index is -0.396. The first kappa shape index (κ1) is 67.6. The maximum Gasteiger partial charge on any atom is 0.144 e. The van der Waals surface area contributed by atoms with Crippen LogP contribution in [0.15, 0.2) is 251 Å². The highest BCUT2D eigenvalue weighted by Crippen LogP contribution is 2.65. The summed E-state index contributed by atoms with van der Waals surface area (Å²) in [6.45, 7) is 26.4. The molecule has 0 N–H and O–H groups in total. The predicted molar refractivity (Wildman–Crippen MR) is 460 cm³/mol. The number of hydrogen-bond donors (Lipinski definition) is 0. The van der Waals surface area contributed by atoms with Gasteiger partial charge in [0, 0.05) is 76.8 Å². The Hall–Kier alpha value is -10.7. The van der Waals surface area contributed by atoms with E-state index in [1.54, 1.807) is 11.1 Å². The fraction of sp³-hybridized carbons (Fsp3) is 0.264. The molecule has 0 radical (unpaired) electrons. The lowest BCUT2D eigenvalue weighted by molar-refractivity contribution is 0.399. The first-order chi connectivity index (χ1) is 52.9. The van der Waals surface area contributed by atoms with Crippen LogP contribution in [-0.4, -0.2) is 0 Å². The molecular weight excluding hydrogens is 1320 g/mol. The van der Waals surface area contributed by atoms with E-state index in [9.17, 15) is 0 Å². The summed E-state index contributed by atoms with van der Waals surface area (Å²) in [4.78, 5) is 2.53. The minimum absolute atomic E-state index is 0.0355. The summed E-state index contributed by atoms with van der Waals surface area (Å²) in [5.41, 5.74) is 41.7. The molecular formula is C106H97NO2. The molecule has 3 heteroatoms. The van der Waals surface area contributed by atoms with Crippen LogP contribution in [0.5, 0.6) is 0 Å². The summed E-state index contributed by atoms with van der Waals surface area (Å²) in [6, 6.07) is 93.6. The summed E-state index contributed by atoms with van der Waals surface area (Å²) in [7, 11) is 0. The molecule has 0 aliphatic heterocycles. The Morgan fingerprint density at radius 2 is 0.697 bits per heavy atom. The second-order valence-corrected chi connectivity index (χ2v) is 34.9. The number of nitrogens with zero attached hydrogens (tertiary/aromatic N) is 1. The van der Waals surface area contributed by atoms with Crippen molar-refractivity contribution in [2.75, 3.05) is 4.90 Å². The number of hydrogen-bond acceptors (Lipinski definition) is 3. The topological polar surface area (TPSA) is 29.5 Å². The van der Waals surface area contributed by atoms with Gasteiger partial charge in [-0.05, 0) is 226 Å². The molecule has 109 heavy (non-hydrogen) atoms. The third-order valence-electron chi connectivity index (χ3n) is 27.2. The third kappa shape index (κ3) is 9.92. The SMILES string of the molecule is CCCCCCCC1(CCCCCCC)c2ccccc2-c2ccc(-c3ccc4c(c3)C(C)(C)c3cc(-c5ccc(N(c6ccc7c(c6)C(C)(C)c6cc(-c8ccc(C)cc8)c8oc9ccccc9c8c6-7)c6ccc7c(c6)C(C)(C)c6c8c(c9c(oc%10ccccc%109)c6-7)-c6ccccc6C8(C)C)cc5)ccc3-4)cc21. The Morgan fingerprint density at radius 1 is 0.284 bits per heavy atom. The van der Waals surface area contributed by atoms with Crippen LogP contribution in [0.25, 0.3) is 133 Å². The number of anilines is 3. The average molecular weight is 1420 g/mol. The number of benzene rings is 13. The minimum Gasteiger partial charge on any atom is -0.455 e. The van der Waals surface area contributed by atoms with Gasteiger partial charge in [0.2, 0.25) is 0 Å². The van der Waals surface area contributed by atoms with Crippen molar-refractivity contribution in [1.82, 2.24) is 0 Å². The monoisotopic (exact) mass is 1420 g/mol. The van der Waals surface area contributed by atoms with Gasteiger partial charge in [0.15, 0.2) is 0 Å². The van der Waals surface area contributed by atoms with Gasteiger partial charge in [-0.1, -0.05) is 309 Å². The molecule has 2 aromatic heterocycles. The molecule has 3 nitrogen and oxygen atoms in total. The van der Waals surface area contributed by atoms with Gasteiger partial charge in [-0.2, -0.15) is 0 Å². The molecule has 0 atom stereocenters. The van der Waals surface area contributed by atoms with Crippen molar-refractivity contribution in [3.63, 3.8) is 0 Å². The fourth-order valence-corrected chi connectivity index (χ4v) is 21.5. The first-order valence-corrected chi connectivity index (χ1v) is 40.8. The van der Waals surface area contributed by atoms with E-state index >= 15 is 0 Å². The highest BCUT2D eigenvalue weighted by molar-refractivity contribution is 6.22. The second kappa shape index (κ2) is 24.9. The maximum absolute atomic E-state index is 7.21. The van der Waals surface area contributed by atoms with Gasteiger partial charge in [0.05, 0.1) is 0 Å². The van der Waals surface area contributed by atoms with Crippen molar-refractivity contribution < 1.29 is 8.83 Å². The lowest BCUT2D eigenvalue weighted by Crippen LogP contribution is -2.25. The van der Waals surface area contributed by atoms with Crippen LogP contribution in [0.1, 0.15) is 207 Å². The van der Waals surface area contributed by atoms with E-state index in [-0.39, 0.29) is 21.7 Å². The Labute approximate surface area is 643 Å². The average Bonchev–Trinajstić information content (AvgIpc) is 1.50. The molecule has 0 saturated carbocycles. The Balaban J connectivity index is 0.692. The van der Waals surface area contributed by atoms with Crippen molar-refractivity contribution in [2.24, 2.45) is 0 Å². The van der Waals surface area contributed by atoms with Gasteiger partial charge in [-0.25, -0.2) is 0 Å². The molecule has 0 spiro atoms. The van der Waals surface area contributed by atoms with Crippen LogP contribution >= 0.6 is 0 Å². The third-order valence-corrected chi connectivity index (χ3v) is 27.2. The van der Waals surface area contributed by atoms with E-state index < -0.39 is 5.41 Å². The predicted octanol–water partition coefficient (Wildman–Crippen LogP) is 30.5. The van der Waals surface area contributed by atoms with Gasteiger partial charge in [-0.3, -0.25) is 0 Å². The summed E-state index contributed by atoms with van der Waals surface area (Å²) in [5.74, 6) is 0. The van der Waals surface area contributed by atoms with Gasteiger partial charge in [0.1, 0.15) is 22.3 Å². The highest BCUT2D eigenvalue weighted by Gasteiger charge is 2.50. The van der Waals surface area contributed by atoms with Crippen molar-refractivity contribution in [2.45, 2.75) is 180 Å². The molecule has 5 aliphatic rings. The van der Waals surface area contributed by atoms with Gasteiger partial charge >= 0.3 is 0 Å². The number of rotatable bonds is 18. The largest absolute Gasteiger partial charge is 0.455 e. The Morgan fingerprint density at radius 3 is 1.31 bits per heavy atom. The van der Waals surface area contributed by atoms with E-state index in [4.69, 9.17) is 8.83 Å². The molecule has 0 saturated heterocycles. The fourth-order valence-electron chi connectivity index (χ4n) is 21.5. The number of para-hydroxylation sites is 2. The molecule has 13 aromatic carbocycles. The number of fused-ring (bicyclic) bond motifs is 25. The van der Waals surface area contributed by atoms with Gasteiger partial charge in [0.25, 0.3) is 0 Å². The molecule has 0 bridgehead atoms. The Kier molecular flexibility index (Phi) is 15.4. The van der Waals surface area contributed by atoms with Crippen molar-refractivity contribution in [3.05, 3.63) is 304 Å².